The zero-order valence-corrected chi connectivity index (χ0v) is 12.5. The lowest BCUT2D eigenvalue weighted by atomic mass is 10.1. The summed E-state index contributed by atoms with van der Waals surface area (Å²) in [4.78, 5) is 10.5. The second-order valence-corrected chi connectivity index (χ2v) is 5.15. The monoisotopic (exact) mass is 281 g/mol. The second-order valence-electron chi connectivity index (χ2n) is 5.15. The van der Waals surface area contributed by atoms with Crippen LogP contribution in [0, 0.1) is 16.0 Å². The van der Waals surface area contributed by atoms with Crippen molar-refractivity contribution in [2.75, 3.05) is 25.5 Å². The minimum Gasteiger partial charge on any atom is -0.484 e. The van der Waals surface area contributed by atoms with Crippen molar-refractivity contribution >= 4 is 11.4 Å². The SMILES string of the molecule is CNCC(C)CNc1ccc([N+](=O)[O-])c(OC(C)C)c1. The maximum atomic E-state index is 11.0. The number of nitro benzene ring substituents is 1. The van der Waals surface area contributed by atoms with Crippen LogP contribution in [0.5, 0.6) is 5.75 Å². The molecule has 0 spiro atoms. The minimum atomic E-state index is -0.425. The van der Waals surface area contributed by atoms with Crippen LogP contribution in [0.4, 0.5) is 11.4 Å². The van der Waals surface area contributed by atoms with Gasteiger partial charge in [0.1, 0.15) is 0 Å². The number of hydrogen-bond donors (Lipinski definition) is 2. The average Bonchev–Trinajstić information content (AvgIpc) is 2.36. The number of rotatable bonds is 8. The topological polar surface area (TPSA) is 76.4 Å². The molecule has 0 saturated heterocycles. The first kappa shape index (κ1) is 16.2. The predicted octanol–water partition coefficient (Wildman–Crippen LogP) is 2.65. The lowest BCUT2D eigenvalue weighted by Crippen LogP contribution is -2.22. The molecule has 20 heavy (non-hydrogen) atoms. The Morgan fingerprint density at radius 1 is 1.30 bits per heavy atom. The number of nitrogens with one attached hydrogen (secondary N) is 2. The summed E-state index contributed by atoms with van der Waals surface area (Å²) in [6.07, 6.45) is -0.104. The number of ether oxygens (including phenoxy) is 1. The summed E-state index contributed by atoms with van der Waals surface area (Å²) in [7, 11) is 1.91. The smallest absolute Gasteiger partial charge is 0.311 e. The summed E-state index contributed by atoms with van der Waals surface area (Å²) in [6, 6.07) is 4.87. The van der Waals surface area contributed by atoms with Crippen molar-refractivity contribution in [3.8, 4) is 5.75 Å². The Morgan fingerprint density at radius 3 is 2.55 bits per heavy atom. The van der Waals surface area contributed by atoms with Gasteiger partial charge in [-0.25, -0.2) is 0 Å². The Kier molecular flexibility index (Phi) is 6.24. The Balaban J connectivity index is 2.81. The molecule has 0 bridgehead atoms. The van der Waals surface area contributed by atoms with E-state index in [0.717, 1.165) is 18.8 Å². The fourth-order valence-electron chi connectivity index (χ4n) is 1.84. The van der Waals surface area contributed by atoms with Gasteiger partial charge >= 0.3 is 5.69 Å². The van der Waals surface area contributed by atoms with Crippen molar-refractivity contribution in [1.29, 1.82) is 0 Å². The minimum absolute atomic E-state index is 0.00692. The van der Waals surface area contributed by atoms with Gasteiger partial charge in [0.2, 0.25) is 0 Å². The largest absolute Gasteiger partial charge is 0.484 e. The first-order valence-corrected chi connectivity index (χ1v) is 6.77. The lowest BCUT2D eigenvalue weighted by molar-refractivity contribution is -0.386. The molecular formula is C14H23N3O3. The Hall–Kier alpha value is -1.82. The van der Waals surface area contributed by atoms with Crippen LogP contribution in [0.3, 0.4) is 0 Å². The third kappa shape index (κ3) is 5.05. The van der Waals surface area contributed by atoms with Gasteiger partial charge < -0.3 is 15.4 Å². The fourth-order valence-corrected chi connectivity index (χ4v) is 1.84. The van der Waals surface area contributed by atoms with E-state index in [2.05, 4.69) is 17.6 Å². The molecule has 112 valence electrons. The van der Waals surface area contributed by atoms with Gasteiger partial charge in [0.25, 0.3) is 0 Å². The highest BCUT2D eigenvalue weighted by atomic mass is 16.6. The summed E-state index contributed by atoms with van der Waals surface area (Å²) in [5.41, 5.74) is 0.821. The Labute approximate surface area is 119 Å². The number of nitrogens with zero attached hydrogens (tertiary/aromatic N) is 1. The maximum Gasteiger partial charge on any atom is 0.311 e. The Bertz CT molecular complexity index is 449. The zero-order valence-electron chi connectivity index (χ0n) is 12.5. The van der Waals surface area contributed by atoms with E-state index in [4.69, 9.17) is 4.74 Å². The molecule has 0 aliphatic heterocycles. The van der Waals surface area contributed by atoms with Gasteiger partial charge in [-0.15, -0.1) is 0 Å². The van der Waals surface area contributed by atoms with Gasteiger partial charge in [0.05, 0.1) is 11.0 Å². The third-order valence-corrected chi connectivity index (χ3v) is 2.73. The van der Waals surface area contributed by atoms with Crippen LogP contribution in [0.15, 0.2) is 18.2 Å². The molecule has 0 saturated carbocycles. The molecule has 1 atom stereocenters. The van der Waals surface area contributed by atoms with E-state index in [1.807, 2.05) is 20.9 Å². The number of hydrogen-bond acceptors (Lipinski definition) is 5. The number of benzene rings is 1. The van der Waals surface area contributed by atoms with E-state index in [-0.39, 0.29) is 11.8 Å². The molecule has 1 unspecified atom stereocenters. The molecule has 0 fully saturated rings. The van der Waals surface area contributed by atoms with Crippen LogP contribution < -0.4 is 15.4 Å². The molecule has 0 radical (unpaired) electrons. The van der Waals surface area contributed by atoms with Gasteiger partial charge in [-0.3, -0.25) is 10.1 Å². The van der Waals surface area contributed by atoms with Crippen molar-refractivity contribution in [2.45, 2.75) is 26.9 Å². The molecule has 1 aromatic rings. The van der Waals surface area contributed by atoms with Crippen LogP contribution in [0.25, 0.3) is 0 Å². The van der Waals surface area contributed by atoms with Crippen molar-refractivity contribution < 1.29 is 9.66 Å². The van der Waals surface area contributed by atoms with Crippen LogP contribution in [0.1, 0.15) is 20.8 Å². The molecule has 6 nitrogen and oxygen atoms in total. The normalized spacial score (nSPS) is 12.2. The lowest BCUT2D eigenvalue weighted by Gasteiger charge is -2.15. The van der Waals surface area contributed by atoms with Gasteiger partial charge in [-0.2, -0.15) is 0 Å². The molecule has 0 amide bonds. The molecular weight excluding hydrogens is 258 g/mol. The highest BCUT2D eigenvalue weighted by Gasteiger charge is 2.16. The fraction of sp³-hybridized carbons (Fsp3) is 0.571. The maximum absolute atomic E-state index is 11.0. The van der Waals surface area contributed by atoms with E-state index >= 15 is 0 Å². The average molecular weight is 281 g/mol. The van der Waals surface area contributed by atoms with E-state index in [0.29, 0.717) is 11.7 Å². The van der Waals surface area contributed by atoms with Crippen LogP contribution in [-0.2, 0) is 0 Å². The van der Waals surface area contributed by atoms with Crippen molar-refractivity contribution in [3.63, 3.8) is 0 Å². The zero-order chi connectivity index (χ0) is 15.1. The summed E-state index contributed by atoms with van der Waals surface area (Å²) in [5.74, 6) is 0.765. The molecule has 1 aromatic carbocycles. The molecule has 0 aliphatic carbocycles. The van der Waals surface area contributed by atoms with E-state index in [1.54, 1.807) is 12.1 Å². The van der Waals surface area contributed by atoms with Gasteiger partial charge in [-0.1, -0.05) is 6.92 Å². The second kappa shape index (κ2) is 7.69. The third-order valence-electron chi connectivity index (χ3n) is 2.73. The number of anilines is 1. The van der Waals surface area contributed by atoms with E-state index in [9.17, 15) is 10.1 Å². The summed E-state index contributed by atoms with van der Waals surface area (Å²) in [6.45, 7) is 7.52. The summed E-state index contributed by atoms with van der Waals surface area (Å²) >= 11 is 0. The molecule has 0 aliphatic rings. The predicted molar refractivity (Wildman–Crippen MR) is 80.4 cm³/mol. The van der Waals surface area contributed by atoms with E-state index < -0.39 is 4.92 Å². The van der Waals surface area contributed by atoms with Crippen molar-refractivity contribution in [2.24, 2.45) is 5.92 Å². The molecule has 0 aromatic heterocycles. The highest BCUT2D eigenvalue weighted by molar-refractivity contribution is 5.58. The standard InChI is InChI=1S/C14H23N3O3/c1-10(2)20-14-7-12(5-6-13(14)17(18)19)16-9-11(3)8-15-4/h5-7,10-11,15-16H,8-9H2,1-4H3. The molecule has 6 heteroatoms. The van der Waals surface area contributed by atoms with Gasteiger partial charge in [0, 0.05) is 24.4 Å². The Morgan fingerprint density at radius 2 is 2.00 bits per heavy atom. The van der Waals surface area contributed by atoms with Gasteiger partial charge in [-0.05, 0) is 39.4 Å². The van der Waals surface area contributed by atoms with Gasteiger partial charge in [0.15, 0.2) is 5.75 Å². The highest BCUT2D eigenvalue weighted by Crippen LogP contribution is 2.30. The molecule has 2 N–H and O–H groups in total. The van der Waals surface area contributed by atoms with E-state index in [1.165, 1.54) is 6.07 Å². The first-order chi connectivity index (χ1) is 9.43. The van der Waals surface area contributed by atoms with Crippen LogP contribution in [0.2, 0.25) is 0 Å². The summed E-state index contributed by atoms with van der Waals surface area (Å²) < 4.78 is 5.51. The molecule has 0 heterocycles. The summed E-state index contributed by atoms with van der Waals surface area (Å²) in [5, 5.41) is 17.3. The van der Waals surface area contributed by atoms with Crippen molar-refractivity contribution in [3.05, 3.63) is 28.3 Å². The van der Waals surface area contributed by atoms with Crippen molar-refractivity contribution in [1.82, 2.24) is 5.32 Å². The van der Waals surface area contributed by atoms with Crippen LogP contribution in [-0.4, -0.2) is 31.2 Å². The quantitative estimate of drug-likeness (QED) is 0.566. The molecule has 1 rings (SSSR count). The van der Waals surface area contributed by atoms with Crippen LogP contribution >= 0.6 is 0 Å². The first-order valence-electron chi connectivity index (χ1n) is 6.77. The number of nitro groups is 1.